The average molecular weight is 541 g/mol. The van der Waals surface area contributed by atoms with E-state index in [0.717, 1.165) is 12.8 Å². The number of alkyl halides is 3. The first-order valence-electron chi connectivity index (χ1n) is 12.4. The minimum absolute atomic E-state index is 0.0173. The summed E-state index contributed by atoms with van der Waals surface area (Å²) < 4.78 is 61.7. The summed E-state index contributed by atoms with van der Waals surface area (Å²) >= 11 is 0. The number of methoxy groups -OCH3 is 1. The van der Waals surface area contributed by atoms with E-state index < -0.39 is 30.3 Å². The van der Waals surface area contributed by atoms with Gasteiger partial charge in [-0.1, -0.05) is 0 Å². The van der Waals surface area contributed by atoms with Gasteiger partial charge in [-0.15, -0.1) is 0 Å². The number of hydrogen-bond donors (Lipinski definition) is 2. The summed E-state index contributed by atoms with van der Waals surface area (Å²) in [6, 6.07) is 3.50. The number of rotatable bonds is 10. The van der Waals surface area contributed by atoms with Crippen molar-refractivity contribution in [3.63, 3.8) is 0 Å². The molecule has 3 N–H and O–H groups in total. The van der Waals surface area contributed by atoms with Gasteiger partial charge in [-0.25, -0.2) is 14.2 Å². The molecule has 2 aliphatic rings. The molecule has 1 aromatic carbocycles. The molecule has 0 radical (unpaired) electrons. The van der Waals surface area contributed by atoms with E-state index in [1.807, 2.05) is 0 Å². The number of nitrogens with two attached hydrogens (primary N) is 1. The number of amides is 2. The Kier molecular flexibility index (Phi) is 8.34. The van der Waals surface area contributed by atoms with Gasteiger partial charge in [0, 0.05) is 31.5 Å². The van der Waals surface area contributed by atoms with Crippen LogP contribution < -0.4 is 20.5 Å². The summed E-state index contributed by atoms with van der Waals surface area (Å²) in [6.07, 6.45) is 1.55. The van der Waals surface area contributed by atoms with Gasteiger partial charge in [0.05, 0.1) is 26.3 Å². The van der Waals surface area contributed by atoms with Gasteiger partial charge in [0.25, 0.3) is 5.91 Å². The topological polar surface area (TPSA) is 129 Å². The van der Waals surface area contributed by atoms with Crippen LogP contribution in [0.15, 0.2) is 22.6 Å². The van der Waals surface area contributed by atoms with Gasteiger partial charge < -0.3 is 34.6 Å². The molecule has 1 saturated heterocycles. The number of carbonyl (C=O) groups is 2. The third-order valence-corrected chi connectivity index (χ3v) is 6.52. The number of aromatic nitrogens is 1. The van der Waals surface area contributed by atoms with Crippen molar-refractivity contribution in [3.05, 3.63) is 29.7 Å². The molecule has 1 aliphatic heterocycles. The lowest BCUT2D eigenvalue weighted by Gasteiger charge is -2.35. The summed E-state index contributed by atoms with van der Waals surface area (Å²) in [5.41, 5.74) is 4.53. The Morgan fingerprint density at radius 3 is 2.58 bits per heavy atom. The summed E-state index contributed by atoms with van der Waals surface area (Å²) in [7, 11) is 1.26. The average Bonchev–Trinajstić information content (AvgIpc) is 3.61. The Balaban J connectivity index is 1.49. The van der Waals surface area contributed by atoms with Crippen LogP contribution >= 0.6 is 0 Å². The van der Waals surface area contributed by atoms with Crippen molar-refractivity contribution in [1.82, 2.24) is 15.2 Å². The molecule has 0 bridgehead atoms. The van der Waals surface area contributed by atoms with Crippen LogP contribution in [0.25, 0.3) is 11.5 Å². The van der Waals surface area contributed by atoms with Crippen molar-refractivity contribution in [2.45, 2.75) is 50.9 Å². The molecule has 38 heavy (non-hydrogen) atoms. The Labute approximate surface area is 217 Å². The normalized spacial score (nSPS) is 17.7. The van der Waals surface area contributed by atoms with Gasteiger partial charge in [-0.3, -0.25) is 4.79 Å². The monoisotopic (exact) mass is 540 g/mol. The molecular weight excluding hydrogens is 509 g/mol. The van der Waals surface area contributed by atoms with Gasteiger partial charge in [-0.2, -0.15) is 8.78 Å². The number of benzene rings is 1. The van der Waals surface area contributed by atoms with Crippen molar-refractivity contribution in [3.8, 4) is 23.0 Å². The maximum absolute atomic E-state index is 15.3. The number of likely N-dealkylation sites (tertiary alicyclic amines) is 1. The van der Waals surface area contributed by atoms with Crippen molar-refractivity contribution in [2.75, 3.05) is 33.4 Å². The van der Waals surface area contributed by atoms with Crippen molar-refractivity contribution < 1.29 is 41.4 Å². The van der Waals surface area contributed by atoms with E-state index >= 15 is 4.39 Å². The van der Waals surface area contributed by atoms with E-state index in [-0.39, 0.29) is 61.3 Å². The predicted octanol–water partition coefficient (Wildman–Crippen LogP) is 4.05. The fourth-order valence-corrected chi connectivity index (χ4v) is 4.08. The Morgan fingerprint density at radius 2 is 1.97 bits per heavy atom. The highest BCUT2D eigenvalue weighted by atomic mass is 19.3. The maximum atomic E-state index is 15.3. The second-order valence-corrected chi connectivity index (χ2v) is 9.61. The quantitative estimate of drug-likeness (QED) is 0.462. The van der Waals surface area contributed by atoms with Crippen LogP contribution in [-0.4, -0.2) is 67.5 Å². The molecule has 10 nitrogen and oxygen atoms in total. The van der Waals surface area contributed by atoms with Crippen LogP contribution in [0.1, 0.15) is 54.9 Å². The molecule has 4 rings (SSSR count). The minimum atomic E-state index is -3.03. The Morgan fingerprint density at radius 1 is 1.26 bits per heavy atom. The SMILES string of the molecule is COC(=O)N1CCC(F)(CNC(=O)c2nc(-c3ccc(OC(F)F)c(OCC4CC4)c3)oc2[C@H](C)N)CC1. The molecule has 0 spiro atoms. The highest BCUT2D eigenvalue weighted by molar-refractivity contribution is 5.94. The van der Waals surface area contributed by atoms with Gasteiger partial charge in [0.1, 0.15) is 5.67 Å². The molecule has 1 aromatic heterocycles. The van der Waals surface area contributed by atoms with Gasteiger partial charge >= 0.3 is 12.7 Å². The molecule has 1 atom stereocenters. The van der Waals surface area contributed by atoms with Crippen molar-refractivity contribution in [2.24, 2.45) is 11.7 Å². The standard InChI is InChI=1S/C25H31F3N4O6/c1-14(29)20-19(21(33)30-13-25(28)7-9-32(10-8-25)24(34)35-2)31-22(38-20)16-5-6-17(37-23(26)27)18(11-16)36-12-15-3-4-15/h5-6,11,14-15,23H,3-4,7-10,12-13,29H2,1-2H3,(H,30,33)/t14-/m0/s1. The first-order valence-corrected chi connectivity index (χ1v) is 12.4. The van der Waals surface area contributed by atoms with Crippen LogP contribution in [-0.2, 0) is 4.74 Å². The summed E-state index contributed by atoms with van der Waals surface area (Å²) in [5, 5.41) is 2.55. The first kappa shape index (κ1) is 27.6. The molecule has 208 valence electrons. The van der Waals surface area contributed by atoms with E-state index in [0.29, 0.717) is 18.1 Å². The number of halogens is 3. The van der Waals surface area contributed by atoms with Crippen LogP contribution in [0, 0.1) is 5.92 Å². The van der Waals surface area contributed by atoms with Gasteiger partial charge in [0.15, 0.2) is 23.0 Å². The molecule has 2 heterocycles. The summed E-state index contributed by atoms with van der Waals surface area (Å²) in [6.45, 7) is -1.04. The lowest BCUT2D eigenvalue weighted by molar-refractivity contribution is -0.0515. The molecule has 2 aromatic rings. The molecule has 1 aliphatic carbocycles. The Hall–Kier alpha value is -3.48. The molecule has 2 fully saturated rings. The summed E-state index contributed by atoms with van der Waals surface area (Å²) in [5.74, 6) is -0.247. The van der Waals surface area contributed by atoms with Crippen LogP contribution in [0.4, 0.5) is 18.0 Å². The highest BCUT2D eigenvalue weighted by Gasteiger charge is 2.37. The number of carbonyl (C=O) groups excluding carboxylic acids is 2. The van der Waals surface area contributed by atoms with Gasteiger partial charge in [0.2, 0.25) is 5.89 Å². The van der Waals surface area contributed by atoms with E-state index in [1.165, 1.54) is 30.2 Å². The van der Waals surface area contributed by atoms with Crippen LogP contribution in [0.2, 0.25) is 0 Å². The van der Waals surface area contributed by atoms with Crippen LogP contribution in [0.5, 0.6) is 11.5 Å². The maximum Gasteiger partial charge on any atom is 0.409 e. The second kappa shape index (κ2) is 11.5. The first-order chi connectivity index (χ1) is 18.1. The van der Waals surface area contributed by atoms with Crippen molar-refractivity contribution in [1.29, 1.82) is 0 Å². The molecule has 2 amide bonds. The fraction of sp³-hybridized carbons (Fsp3) is 0.560. The highest BCUT2D eigenvalue weighted by Crippen LogP contribution is 2.37. The van der Waals surface area contributed by atoms with E-state index in [9.17, 15) is 18.4 Å². The van der Waals surface area contributed by atoms with Gasteiger partial charge in [-0.05, 0) is 43.9 Å². The third-order valence-electron chi connectivity index (χ3n) is 6.52. The second-order valence-electron chi connectivity index (χ2n) is 9.61. The number of nitrogens with one attached hydrogen (secondary N) is 1. The number of piperidine rings is 1. The minimum Gasteiger partial charge on any atom is -0.489 e. The molecule has 1 saturated carbocycles. The summed E-state index contributed by atoms with van der Waals surface area (Å²) in [4.78, 5) is 30.3. The molecular formula is C25H31F3N4O6. The smallest absolute Gasteiger partial charge is 0.409 e. The third kappa shape index (κ3) is 6.69. The predicted molar refractivity (Wildman–Crippen MR) is 129 cm³/mol. The number of hydrogen-bond acceptors (Lipinski definition) is 8. The zero-order chi connectivity index (χ0) is 27.4. The number of ether oxygens (including phenoxy) is 3. The van der Waals surface area contributed by atoms with E-state index in [1.54, 1.807) is 6.92 Å². The number of nitrogens with zero attached hydrogens (tertiary/aromatic N) is 2. The fourth-order valence-electron chi connectivity index (χ4n) is 4.08. The molecule has 13 heteroatoms. The Bertz CT molecular complexity index is 1150. The van der Waals surface area contributed by atoms with Crippen molar-refractivity contribution >= 4 is 12.0 Å². The zero-order valence-corrected chi connectivity index (χ0v) is 21.2. The zero-order valence-electron chi connectivity index (χ0n) is 21.2. The lowest BCUT2D eigenvalue weighted by Crippen LogP contribution is -2.49. The van der Waals surface area contributed by atoms with Crippen LogP contribution in [0.3, 0.4) is 0 Å². The van der Waals surface area contributed by atoms with E-state index in [2.05, 4.69) is 19.8 Å². The number of oxazole rings is 1. The van der Waals surface area contributed by atoms with E-state index in [4.69, 9.17) is 14.9 Å². The lowest BCUT2D eigenvalue weighted by atomic mass is 9.93. The largest absolute Gasteiger partial charge is 0.489 e. The molecule has 0 unspecified atom stereocenters.